The number of hydrogen-bond acceptors (Lipinski definition) is 2. The Morgan fingerprint density at radius 1 is 1.46 bits per heavy atom. The Balaban J connectivity index is 3.08. The highest BCUT2D eigenvalue weighted by Gasteiger charge is 1.97. The van der Waals surface area contributed by atoms with Gasteiger partial charge < -0.3 is 5.73 Å². The van der Waals surface area contributed by atoms with Crippen LogP contribution in [0.5, 0.6) is 0 Å². The second kappa shape index (κ2) is 4.40. The summed E-state index contributed by atoms with van der Waals surface area (Å²) in [7, 11) is 0. The molecule has 1 rings (SSSR count). The predicted octanol–water partition coefficient (Wildman–Crippen LogP) is 1.73. The third-order valence-electron chi connectivity index (χ3n) is 1.47. The molecule has 0 atom stereocenters. The molecule has 0 fully saturated rings. The Morgan fingerprint density at radius 2 is 2.23 bits per heavy atom. The Hall–Kier alpha value is -1.64. The first-order valence-corrected chi connectivity index (χ1v) is 4.16. The first-order valence-electron chi connectivity index (χ1n) is 3.62. The number of rotatable bonds is 0. The summed E-state index contributed by atoms with van der Waals surface area (Å²) in [4.78, 5) is 0. The number of hydrogen-bond donors (Lipinski definition) is 1. The summed E-state index contributed by atoms with van der Waals surface area (Å²) in [6.45, 7) is 0. The van der Waals surface area contributed by atoms with E-state index in [0.29, 0.717) is 11.3 Å². The molecule has 0 saturated carbocycles. The molecule has 0 saturated heterocycles. The minimum atomic E-state index is 0.284. The summed E-state index contributed by atoms with van der Waals surface area (Å²) >= 11 is 5.39. The molecule has 0 spiro atoms. The Kier molecular flexibility index (Phi) is 3.20. The maximum atomic E-state index is 8.66. The molecule has 3 heteroatoms. The van der Waals surface area contributed by atoms with Crippen molar-refractivity contribution in [3.05, 3.63) is 29.3 Å². The van der Waals surface area contributed by atoms with Gasteiger partial charge in [0.2, 0.25) is 0 Å². The molecule has 0 unspecified atom stereocenters. The molecule has 1 aromatic carbocycles. The van der Waals surface area contributed by atoms with Crippen molar-refractivity contribution in [1.82, 2.24) is 0 Å². The van der Waals surface area contributed by atoms with Crippen LogP contribution in [0.4, 0.5) is 5.69 Å². The van der Waals surface area contributed by atoms with Crippen LogP contribution in [0.2, 0.25) is 0 Å². The van der Waals surface area contributed by atoms with Gasteiger partial charge in [-0.05, 0) is 18.2 Å². The molecule has 13 heavy (non-hydrogen) atoms. The largest absolute Gasteiger partial charge is 0.398 e. The van der Waals surface area contributed by atoms with Crippen molar-refractivity contribution in [2.75, 3.05) is 11.6 Å². The second-order valence-corrected chi connectivity index (χ2v) is 2.62. The lowest BCUT2D eigenvalue weighted by Gasteiger charge is -1.96. The van der Waals surface area contributed by atoms with Crippen molar-refractivity contribution in [2.45, 2.75) is 0 Å². The zero-order valence-electron chi connectivity index (χ0n) is 6.84. The van der Waals surface area contributed by atoms with Crippen LogP contribution < -0.4 is 5.73 Å². The third kappa shape index (κ3) is 2.40. The van der Waals surface area contributed by atoms with Crippen LogP contribution in [0.15, 0.2) is 18.2 Å². The molecule has 0 heterocycles. The van der Waals surface area contributed by atoms with Gasteiger partial charge in [-0.2, -0.15) is 5.26 Å². The number of alkyl halides is 1. The molecule has 0 radical (unpaired) electrons. The van der Waals surface area contributed by atoms with Crippen LogP contribution in [0.3, 0.4) is 0 Å². The fourth-order valence-electron chi connectivity index (χ4n) is 0.866. The molecule has 1 aromatic rings. The molecule has 0 aliphatic carbocycles. The highest BCUT2D eigenvalue weighted by Crippen LogP contribution is 2.11. The quantitative estimate of drug-likeness (QED) is 0.385. The summed E-state index contributed by atoms with van der Waals surface area (Å²) in [6.07, 6.45) is 0. The van der Waals surface area contributed by atoms with Crippen molar-refractivity contribution in [2.24, 2.45) is 0 Å². The standard InChI is InChI=1S/C10H7ClN2/c11-5-1-2-8-3-4-10(13)9(6-8)7-12/h3-4,6H,5,13H2. The highest BCUT2D eigenvalue weighted by atomic mass is 35.5. The molecule has 64 valence electrons. The van der Waals surface area contributed by atoms with E-state index in [2.05, 4.69) is 11.8 Å². The van der Waals surface area contributed by atoms with Gasteiger partial charge in [0.1, 0.15) is 6.07 Å². The Bertz CT molecular complexity index is 407. The first kappa shape index (κ1) is 9.45. The van der Waals surface area contributed by atoms with Gasteiger partial charge in [0.15, 0.2) is 0 Å². The average Bonchev–Trinajstić information content (AvgIpc) is 2.16. The number of anilines is 1. The van der Waals surface area contributed by atoms with Crippen molar-refractivity contribution in [3.63, 3.8) is 0 Å². The molecule has 0 aliphatic heterocycles. The maximum absolute atomic E-state index is 8.66. The van der Waals surface area contributed by atoms with Crippen LogP contribution in [-0.4, -0.2) is 5.88 Å². The number of nitriles is 1. The number of nitrogen functional groups attached to an aromatic ring is 1. The highest BCUT2D eigenvalue weighted by molar-refractivity contribution is 6.19. The van der Waals surface area contributed by atoms with Crippen molar-refractivity contribution in [1.29, 1.82) is 5.26 Å². The van der Waals surface area contributed by atoms with Gasteiger partial charge in [-0.1, -0.05) is 11.8 Å². The number of halogens is 1. The molecule has 0 aliphatic rings. The summed E-state index contributed by atoms with van der Waals surface area (Å²) in [5.41, 5.74) is 7.20. The minimum Gasteiger partial charge on any atom is -0.398 e. The van der Waals surface area contributed by atoms with E-state index in [9.17, 15) is 0 Å². The molecular weight excluding hydrogens is 184 g/mol. The van der Waals surface area contributed by atoms with E-state index in [1.54, 1.807) is 18.2 Å². The smallest absolute Gasteiger partial charge is 0.101 e. The molecule has 0 bridgehead atoms. The van der Waals surface area contributed by atoms with Crippen LogP contribution in [0, 0.1) is 23.2 Å². The Morgan fingerprint density at radius 3 is 2.85 bits per heavy atom. The van der Waals surface area contributed by atoms with Crippen molar-refractivity contribution < 1.29 is 0 Å². The van der Waals surface area contributed by atoms with Gasteiger partial charge in [0.25, 0.3) is 0 Å². The van der Waals surface area contributed by atoms with Gasteiger partial charge in [-0.25, -0.2) is 0 Å². The zero-order valence-corrected chi connectivity index (χ0v) is 7.60. The van der Waals surface area contributed by atoms with Crippen LogP contribution in [0.25, 0.3) is 0 Å². The van der Waals surface area contributed by atoms with E-state index < -0.39 is 0 Å². The maximum Gasteiger partial charge on any atom is 0.101 e. The number of nitrogens with two attached hydrogens (primary N) is 1. The molecule has 2 N–H and O–H groups in total. The number of nitrogens with zero attached hydrogens (tertiary/aromatic N) is 1. The predicted molar refractivity (Wildman–Crippen MR) is 53.2 cm³/mol. The summed E-state index contributed by atoms with van der Waals surface area (Å²) in [6, 6.07) is 7.06. The summed E-state index contributed by atoms with van der Waals surface area (Å²) < 4.78 is 0. The fourth-order valence-corrected chi connectivity index (χ4v) is 0.933. The Labute approximate surface area is 81.9 Å². The van der Waals surface area contributed by atoms with Gasteiger partial charge in [-0.3, -0.25) is 0 Å². The lowest BCUT2D eigenvalue weighted by molar-refractivity contribution is 1.48. The normalized spacial score (nSPS) is 8.31. The average molecular weight is 191 g/mol. The lowest BCUT2D eigenvalue weighted by Crippen LogP contribution is -1.90. The monoisotopic (exact) mass is 190 g/mol. The molecular formula is C10H7ClN2. The van der Waals surface area contributed by atoms with E-state index in [1.807, 2.05) is 6.07 Å². The second-order valence-electron chi connectivity index (χ2n) is 2.35. The van der Waals surface area contributed by atoms with Crippen molar-refractivity contribution >= 4 is 17.3 Å². The van der Waals surface area contributed by atoms with Gasteiger partial charge >= 0.3 is 0 Å². The summed E-state index contributed by atoms with van der Waals surface area (Å²) in [5, 5.41) is 8.66. The third-order valence-corrected chi connectivity index (χ3v) is 1.61. The SMILES string of the molecule is N#Cc1cc(C#CCCl)ccc1N. The van der Waals surface area contributed by atoms with E-state index in [0.717, 1.165) is 5.56 Å². The van der Waals surface area contributed by atoms with Crippen LogP contribution in [-0.2, 0) is 0 Å². The van der Waals surface area contributed by atoms with Crippen LogP contribution >= 0.6 is 11.6 Å². The lowest BCUT2D eigenvalue weighted by atomic mass is 10.1. The minimum absolute atomic E-state index is 0.284. The number of benzene rings is 1. The molecule has 0 amide bonds. The van der Waals surface area contributed by atoms with E-state index >= 15 is 0 Å². The topological polar surface area (TPSA) is 49.8 Å². The van der Waals surface area contributed by atoms with Crippen molar-refractivity contribution in [3.8, 4) is 17.9 Å². The molecule has 0 aromatic heterocycles. The fraction of sp³-hybridized carbons (Fsp3) is 0.100. The zero-order chi connectivity index (χ0) is 9.68. The van der Waals surface area contributed by atoms with E-state index in [-0.39, 0.29) is 5.88 Å². The van der Waals surface area contributed by atoms with Crippen LogP contribution in [0.1, 0.15) is 11.1 Å². The van der Waals surface area contributed by atoms with E-state index in [4.69, 9.17) is 22.6 Å². The van der Waals surface area contributed by atoms with Gasteiger partial charge in [0, 0.05) is 11.3 Å². The molecule has 2 nitrogen and oxygen atoms in total. The first-order chi connectivity index (χ1) is 6.27. The van der Waals surface area contributed by atoms with Gasteiger partial charge in [0.05, 0.1) is 11.4 Å². The summed E-state index contributed by atoms with van der Waals surface area (Å²) in [5.74, 6) is 5.79. The van der Waals surface area contributed by atoms with Gasteiger partial charge in [-0.15, -0.1) is 11.6 Å². The van der Waals surface area contributed by atoms with E-state index in [1.165, 1.54) is 0 Å².